The zero-order valence-electron chi connectivity index (χ0n) is 13.9. The minimum absolute atomic E-state index is 0.103. The highest BCUT2D eigenvalue weighted by molar-refractivity contribution is 7.88. The van der Waals surface area contributed by atoms with Gasteiger partial charge in [-0.15, -0.1) is 0 Å². The number of hydrogen-bond donors (Lipinski definition) is 1. The third-order valence-electron chi connectivity index (χ3n) is 4.68. The Morgan fingerprint density at radius 3 is 2.71 bits per heavy atom. The van der Waals surface area contributed by atoms with Crippen LogP contribution >= 0.6 is 0 Å². The lowest BCUT2D eigenvalue weighted by Gasteiger charge is -2.46. The van der Waals surface area contributed by atoms with Crippen LogP contribution in [0.15, 0.2) is 10.6 Å². The smallest absolute Gasteiger partial charge is 0.276 e. The molecule has 2 aliphatic rings. The van der Waals surface area contributed by atoms with Gasteiger partial charge < -0.3 is 14.2 Å². The van der Waals surface area contributed by atoms with E-state index in [1.165, 1.54) is 6.26 Å². The molecule has 3 heterocycles. The monoisotopic (exact) mass is 357 g/mol. The van der Waals surface area contributed by atoms with Crippen molar-refractivity contribution in [2.24, 2.45) is 0 Å². The topological polar surface area (TPSA) is 102 Å². The van der Waals surface area contributed by atoms with E-state index < -0.39 is 10.0 Å². The first-order valence-electron chi connectivity index (χ1n) is 8.10. The fourth-order valence-electron chi connectivity index (χ4n) is 3.53. The van der Waals surface area contributed by atoms with E-state index in [0.717, 1.165) is 0 Å². The van der Waals surface area contributed by atoms with Gasteiger partial charge in [-0.25, -0.2) is 13.1 Å². The van der Waals surface area contributed by atoms with Gasteiger partial charge in [0.25, 0.3) is 5.91 Å². The normalized spacial score (nSPS) is 24.2. The lowest BCUT2D eigenvalue weighted by atomic mass is 9.82. The molecule has 0 unspecified atom stereocenters. The highest BCUT2D eigenvalue weighted by Gasteiger charge is 2.42. The van der Waals surface area contributed by atoms with Gasteiger partial charge in [0.1, 0.15) is 5.76 Å². The number of piperidine rings is 1. The molecule has 0 bridgehead atoms. The molecule has 134 valence electrons. The van der Waals surface area contributed by atoms with Crippen molar-refractivity contribution >= 4 is 15.9 Å². The SMILES string of the molecule is Cc1cc(C(=O)N2CCC3(CC2)C[C@H](NS(C)(=O)=O)CCO3)no1. The Labute approximate surface area is 141 Å². The van der Waals surface area contributed by atoms with Crippen molar-refractivity contribution in [3.63, 3.8) is 0 Å². The van der Waals surface area contributed by atoms with Crippen LogP contribution in [-0.4, -0.2) is 62.0 Å². The fraction of sp³-hybridized carbons (Fsp3) is 0.733. The van der Waals surface area contributed by atoms with Crippen molar-refractivity contribution in [2.75, 3.05) is 26.0 Å². The van der Waals surface area contributed by atoms with Crippen molar-refractivity contribution in [2.45, 2.75) is 44.2 Å². The molecule has 9 heteroatoms. The molecule has 2 fully saturated rings. The number of aromatic nitrogens is 1. The van der Waals surface area contributed by atoms with Crippen LogP contribution in [-0.2, 0) is 14.8 Å². The molecule has 8 nitrogen and oxygen atoms in total. The fourth-order valence-corrected chi connectivity index (χ4v) is 4.33. The summed E-state index contributed by atoms with van der Waals surface area (Å²) in [6.07, 6.45) is 3.88. The number of rotatable bonds is 3. The molecule has 1 N–H and O–H groups in total. The Morgan fingerprint density at radius 1 is 1.42 bits per heavy atom. The number of aryl methyl sites for hydroxylation is 1. The van der Waals surface area contributed by atoms with Gasteiger partial charge in [-0.1, -0.05) is 5.16 Å². The average molecular weight is 357 g/mol. The number of hydrogen-bond acceptors (Lipinski definition) is 6. The highest BCUT2D eigenvalue weighted by Crippen LogP contribution is 2.35. The molecular weight excluding hydrogens is 334 g/mol. The van der Waals surface area contributed by atoms with Gasteiger partial charge in [0, 0.05) is 31.8 Å². The van der Waals surface area contributed by atoms with Gasteiger partial charge in [0.15, 0.2) is 5.69 Å². The largest absolute Gasteiger partial charge is 0.375 e. The summed E-state index contributed by atoms with van der Waals surface area (Å²) in [5, 5.41) is 3.77. The number of carbonyl (C=O) groups is 1. The number of nitrogens with one attached hydrogen (secondary N) is 1. The molecule has 1 aromatic heterocycles. The summed E-state index contributed by atoms with van der Waals surface area (Å²) < 4.78 is 36.5. The number of amides is 1. The summed E-state index contributed by atoms with van der Waals surface area (Å²) >= 11 is 0. The minimum Gasteiger partial charge on any atom is -0.375 e. The number of likely N-dealkylation sites (tertiary alicyclic amines) is 1. The summed E-state index contributed by atoms with van der Waals surface area (Å²) in [5.41, 5.74) is -0.0263. The average Bonchev–Trinajstić information content (AvgIpc) is 2.92. The second kappa shape index (κ2) is 6.45. The van der Waals surface area contributed by atoms with Crippen LogP contribution in [0.2, 0.25) is 0 Å². The molecule has 1 atom stereocenters. The van der Waals surface area contributed by atoms with Gasteiger partial charge in [-0.05, 0) is 32.6 Å². The maximum Gasteiger partial charge on any atom is 0.276 e. The molecule has 1 amide bonds. The first-order chi connectivity index (χ1) is 11.3. The number of sulfonamides is 1. The van der Waals surface area contributed by atoms with E-state index in [0.29, 0.717) is 56.8 Å². The molecule has 0 aliphatic carbocycles. The highest BCUT2D eigenvalue weighted by atomic mass is 32.2. The minimum atomic E-state index is -3.23. The van der Waals surface area contributed by atoms with Crippen molar-refractivity contribution in [1.82, 2.24) is 14.8 Å². The summed E-state index contributed by atoms with van der Waals surface area (Å²) in [4.78, 5) is 14.2. The molecule has 1 spiro atoms. The molecule has 3 rings (SSSR count). The van der Waals surface area contributed by atoms with E-state index in [1.54, 1.807) is 17.9 Å². The zero-order chi connectivity index (χ0) is 17.4. The molecule has 0 saturated carbocycles. The Kier molecular flexibility index (Phi) is 4.67. The molecule has 24 heavy (non-hydrogen) atoms. The van der Waals surface area contributed by atoms with Gasteiger partial charge in [0.2, 0.25) is 10.0 Å². The Morgan fingerprint density at radius 2 is 2.12 bits per heavy atom. The molecular formula is C15H23N3O5S. The van der Waals surface area contributed by atoms with Gasteiger partial charge in [-0.3, -0.25) is 4.79 Å². The van der Waals surface area contributed by atoms with E-state index in [9.17, 15) is 13.2 Å². The molecule has 1 aromatic rings. The molecule has 0 radical (unpaired) electrons. The molecule has 0 aromatic carbocycles. The predicted molar refractivity (Wildman–Crippen MR) is 86.1 cm³/mol. The van der Waals surface area contributed by atoms with Crippen molar-refractivity contribution in [1.29, 1.82) is 0 Å². The molecule has 2 saturated heterocycles. The standard InChI is InChI=1S/C15H23N3O5S/c1-11-9-13(16-23-11)14(19)18-6-4-15(5-7-18)10-12(3-8-22-15)17-24(2,20)21/h9,12,17H,3-8,10H2,1-2H3/t12-/m1/s1. The second-order valence-electron chi connectivity index (χ2n) is 6.73. The maximum absolute atomic E-state index is 12.4. The van der Waals surface area contributed by atoms with Crippen molar-refractivity contribution in [3.8, 4) is 0 Å². The van der Waals surface area contributed by atoms with E-state index >= 15 is 0 Å². The Hall–Kier alpha value is -1.45. The third-order valence-corrected chi connectivity index (χ3v) is 5.44. The zero-order valence-corrected chi connectivity index (χ0v) is 14.8. The van der Waals surface area contributed by atoms with E-state index in [4.69, 9.17) is 9.26 Å². The maximum atomic E-state index is 12.4. The Bertz CT molecular complexity index is 706. The first kappa shape index (κ1) is 17.4. The number of nitrogens with zero attached hydrogens (tertiary/aromatic N) is 2. The quantitative estimate of drug-likeness (QED) is 0.854. The lowest BCUT2D eigenvalue weighted by Crippen LogP contribution is -2.54. The van der Waals surface area contributed by atoms with Crippen LogP contribution in [0, 0.1) is 6.92 Å². The van der Waals surface area contributed by atoms with Crippen LogP contribution in [0.3, 0.4) is 0 Å². The Balaban J connectivity index is 1.60. The van der Waals surface area contributed by atoms with Gasteiger partial charge in [-0.2, -0.15) is 0 Å². The summed E-state index contributed by atoms with van der Waals surface area (Å²) in [5.74, 6) is 0.473. The first-order valence-corrected chi connectivity index (χ1v) is 9.99. The van der Waals surface area contributed by atoms with Crippen molar-refractivity contribution in [3.05, 3.63) is 17.5 Å². The van der Waals surface area contributed by atoms with Gasteiger partial charge in [0.05, 0.1) is 11.9 Å². The van der Waals surface area contributed by atoms with E-state index in [1.807, 2.05) is 0 Å². The van der Waals surface area contributed by atoms with E-state index in [2.05, 4.69) is 9.88 Å². The lowest BCUT2D eigenvalue weighted by molar-refractivity contribution is -0.113. The van der Waals surface area contributed by atoms with E-state index in [-0.39, 0.29) is 17.6 Å². The van der Waals surface area contributed by atoms with Crippen LogP contribution in [0.25, 0.3) is 0 Å². The van der Waals surface area contributed by atoms with Crippen LogP contribution < -0.4 is 4.72 Å². The third kappa shape index (κ3) is 3.96. The van der Waals surface area contributed by atoms with Gasteiger partial charge >= 0.3 is 0 Å². The number of carbonyl (C=O) groups excluding carboxylic acids is 1. The number of ether oxygens (including phenoxy) is 1. The summed E-state index contributed by atoms with van der Waals surface area (Å²) in [6.45, 7) is 3.41. The van der Waals surface area contributed by atoms with Crippen LogP contribution in [0.1, 0.15) is 41.9 Å². The summed E-state index contributed by atoms with van der Waals surface area (Å²) in [7, 11) is -3.23. The van der Waals surface area contributed by atoms with Crippen molar-refractivity contribution < 1.29 is 22.5 Å². The second-order valence-corrected chi connectivity index (χ2v) is 8.51. The van der Waals surface area contributed by atoms with Crippen LogP contribution in [0.5, 0.6) is 0 Å². The molecule has 2 aliphatic heterocycles. The van der Waals surface area contributed by atoms with Crippen LogP contribution in [0.4, 0.5) is 0 Å². The predicted octanol–water partition coefficient (Wildman–Crippen LogP) is 0.686. The summed E-state index contributed by atoms with van der Waals surface area (Å²) in [6, 6.07) is 1.53.